The molecule has 0 atom stereocenters. The van der Waals surface area contributed by atoms with Gasteiger partial charge in [-0.1, -0.05) is 0 Å². The van der Waals surface area contributed by atoms with Crippen molar-refractivity contribution in [1.29, 1.82) is 0 Å². The summed E-state index contributed by atoms with van der Waals surface area (Å²) in [7, 11) is 0. The van der Waals surface area contributed by atoms with Gasteiger partial charge in [0.25, 0.3) is 0 Å². The number of nitrogens with zero attached hydrogens (tertiary/aromatic N) is 7. The first kappa shape index (κ1) is 20.1. The molecule has 156 valence electrons. The number of tetrazole rings is 1. The second-order valence-corrected chi connectivity index (χ2v) is 7.54. The van der Waals surface area contributed by atoms with Crippen LogP contribution in [0.25, 0.3) is 11.4 Å². The molecule has 1 aromatic carbocycles. The predicted molar refractivity (Wildman–Crippen MR) is 106 cm³/mol. The Kier molecular flexibility index (Phi) is 5.84. The molecule has 4 rings (SSSR count). The van der Waals surface area contributed by atoms with Gasteiger partial charge >= 0.3 is 5.97 Å². The largest absolute Gasteiger partial charge is 0.489 e. The van der Waals surface area contributed by atoms with Gasteiger partial charge in [0.2, 0.25) is 11.8 Å². The first-order chi connectivity index (χ1) is 14.5. The van der Waals surface area contributed by atoms with Gasteiger partial charge in [-0.2, -0.15) is 4.80 Å². The molecule has 3 aromatic rings. The van der Waals surface area contributed by atoms with Crippen molar-refractivity contribution in [3.63, 3.8) is 0 Å². The highest BCUT2D eigenvalue weighted by Crippen LogP contribution is 2.29. The molecule has 0 spiro atoms. The first-order valence-electron chi connectivity index (χ1n) is 9.16. The van der Waals surface area contributed by atoms with E-state index < -0.39 is 5.97 Å². The summed E-state index contributed by atoms with van der Waals surface area (Å²) in [6, 6.07) is 4.38. The Bertz CT molecular complexity index is 1040. The number of ether oxygens (including phenoxy) is 1. The number of aliphatic carboxylic acids is 1. The summed E-state index contributed by atoms with van der Waals surface area (Å²) in [6.45, 7) is 1.03. The zero-order valence-corrected chi connectivity index (χ0v) is 17.2. The fourth-order valence-electron chi connectivity index (χ4n) is 3.07. The van der Waals surface area contributed by atoms with Crippen molar-refractivity contribution in [2.75, 3.05) is 18.0 Å². The molecule has 30 heavy (non-hydrogen) atoms. The normalized spacial score (nSPS) is 14.7. The second kappa shape index (κ2) is 8.69. The number of benzene rings is 1. The summed E-state index contributed by atoms with van der Waals surface area (Å²) in [5.74, 6) is -0.0607. The summed E-state index contributed by atoms with van der Waals surface area (Å²) >= 11 is 3.38. The molecule has 0 radical (unpaired) electrons. The van der Waals surface area contributed by atoms with Crippen molar-refractivity contribution in [2.45, 2.75) is 25.5 Å². The topological polar surface area (TPSA) is 119 Å². The van der Waals surface area contributed by atoms with E-state index in [1.54, 1.807) is 18.5 Å². The Hall–Kier alpha value is -3.15. The predicted octanol–water partition coefficient (Wildman–Crippen LogP) is 2.16. The molecule has 1 fully saturated rings. The lowest BCUT2D eigenvalue weighted by Gasteiger charge is -2.32. The minimum Gasteiger partial charge on any atom is -0.489 e. The third-order valence-electron chi connectivity index (χ3n) is 4.54. The van der Waals surface area contributed by atoms with Crippen LogP contribution in [-0.4, -0.2) is 60.4 Å². The molecule has 0 amide bonds. The van der Waals surface area contributed by atoms with E-state index in [9.17, 15) is 9.18 Å². The van der Waals surface area contributed by atoms with Crippen molar-refractivity contribution in [1.82, 2.24) is 30.2 Å². The van der Waals surface area contributed by atoms with Gasteiger partial charge in [0.15, 0.2) is 6.54 Å². The van der Waals surface area contributed by atoms with Crippen molar-refractivity contribution in [3.05, 3.63) is 40.9 Å². The lowest BCUT2D eigenvalue weighted by molar-refractivity contribution is -0.138. The molecule has 1 aliphatic heterocycles. The van der Waals surface area contributed by atoms with Crippen LogP contribution in [0.3, 0.4) is 0 Å². The second-order valence-electron chi connectivity index (χ2n) is 6.69. The number of rotatable bonds is 6. The zero-order valence-electron chi connectivity index (χ0n) is 15.6. The Labute approximate surface area is 178 Å². The number of aromatic nitrogens is 6. The number of hydrogen-bond donors (Lipinski definition) is 1. The molecule has 0 saturated carbocycles. The Morgan fingerprint density at radius 3 is 2.70 bits per heavy atom. The maximum atomic E-state index is 13.4. The number of carboxylic acids is 1. The van der Waals surface area contributed by atoms with Gasteiger partial charge in [0.1, 0.15) is 17.7 Å². The zero-order chi connectivity index (χ0) is 21.1. The summed E-state index contributed by atoms with van der Waals surface area (Å²) in [5, 5.41) is 20.3. The van der Waals surface area contributed by atoms with E-state index >= 15 is 0 Å². The van der Waals surface area contributed by atoms with Crippen LogP contribution in [0, 0.1) is 5.82 Å². The third kappa shape index (κ3) is 4.70. The van der Waals surface area contributed by atoms with E-state index in [4.69, 9.17) is 9.84 Å². The molecule has 0 unspecified atom stereocenters. The molecule has 1 saturated heterocycles. The number of halogens is 2. The van der Waals surface area contributed by atoms with Gasteiger partial charge < -0.3 is 14.7 Å². The molecule has 2 aromatic heterocycles. The Morgan fingerprint density at radius 2 is 2.00 bits per heavy atom. The smallest absolute Gasteiger partial charge is 0.327 e. The molecule has 3 heterocycles. The molecule has 0 aliphatic carbocycles. The molecular weight excluding hydrogens is 461 g/mol. The van der Waals surface area contributed by atoms with Crippen molar-refractivity contribution in [3.8, 4) is 17.1 Å². The van der Waals surface area contributed by atoms with E-state index in [-0.39, 0.29) is 24.3 Å². The maximum absolute atomic E-state index is 13.4. The SMILES string of the molecule is O=C(O)Cn1nnc(-c2cnc(N3CCC(Oc4cc(F)ccc4Br)CC3)nc2)n1. The Morgan fingerprint density at radius 1 is 1.27 bits per heavy atom. The molecule has 0 bridgehead atoms. The van der Waals surface area contributed by atoms with Crippen LogP contribution < -0.4 is 9.64 Å². The maximum Gasteiger partial charge on any atom is 0.327 e. The van der Waals surface area contributed by atoms with Crippen LogP contribution in [0.1, 0.15) is 12.8 Å². The van der Waals surface area contributed by atoms with Crippen molar-refractivity contribution in [2.24, 2.45) is 0 Å². The average Bonchev–Trinajstić information content (AvgIpc) is 3.19. The van der Waals surface area contributed by atoms with Gasteiger partial charge in [-0.25, -0.2) is 14.4 Å². The third-order valence-corrected chi connectivity index (χ3v) is 5.19. The minimum atomic E-state index is -1.05. The summed E-state index contributed by atoms with van der Waals surface area (Å²) in [4.78, 5) is 22.5. The van der Waals surface area contributed by atoms with Gasteiger partial charge in [0, 0.05) is 44.4 Å². The highest BCUT2D eigenvalue weighted by atomic mass is 79.9. The van der Waals surface area contributed by atoms with E-state index in [2.05, 4.69) is 41.3 Å². The highest BCUT2D eigenvalue weighted by Gasteiger charge is 2.23. The van der Waals surface area contributed by atoms with Crippen LogP contribution in [0.15, 0.2) is 35.1 Å². The fourth-order valence-corrected chi connectivity index (χ4v) is 3.41. The van der Waals surface area contributed by atoms with Gasteiger partial charge in [-0.3, -0.25) is 4.79 Å². The van der Waals surface area contributed by atoms with E-state index in [0.717, 1.165) is 22.1 Å². The standard InChI is InChI=1S/C18H17BrFN7O3/c19-14-2-1-12(20)7-15(14)30-13-3-5-26(6-4-13)18-21-8-11(9-22-18)17-23-25-27(24-17)10-16(28)29/h1-2,7-9,13H,3-6,10H2,(H,28,29). The summed E-state index contributed by atoms with van der Waals surface area (Å²) in [5.41, 5.74) is 0.546. The van der Waals surface area contributed by atoms with Gasteiger partial charge in [-0.05, 0) is 33.3 Å². The Balaban J connectivity index is 1.35. The van der Waals surface area contributed by atoms with Gasteiger partial charge in [-0.15, -0.1) is 10.2 Å². The van der Waals surface area contributed by atoms with E-state index in [0.29, 0.717) is 30.4 Å². The monoisotopic (exact) mass is 477 g/mol. The van der Waals surface area contributed by atoms with E-state index in [1.807, 2.05) is 4.90 Å². The first-order valence-corrected chi connectivity index (χ1v) is 9.96. The molecule has 1 N–H and O–H groups in total. The van der Waals surface area contributed by atoms with Crippen LogP contribution in [0.4, 0.5) is 10.3 Å². The number of piperidine rings is 1. The number of anilines is 1. The van der Waals surface area contributed by atoms with Crippen molar-refractivity contribution < 1.29 is 19.0 Å². The fraction of sp³-hybridized carbons (Fsp3) is 0.333. The lowest BCUT2D eigenvalue weighted by Crippen LogP contribution is -2.39. The van der Waals surface area contributed by atoms with Crippen LogP contribution in [-0.2, 0) is 11.3 Å². The quantitative estimate of drug-likeness (QED) is 0.569. The number of hydrogen-bond acceptors (Lipinski definition) is 8. The lowest BCUT2D eigenvalue weighted by atomic mass is 10.1. The molecule has 12 heteroatoms. The number of carbonyl (C=O) groups is 1. The van der Waals surface area contributed by atoms with E-state index in [1.165, 1.54) is 12.1 Å². The minimum absolute atomic E-state index is 0.0212. The molecule has 10 nitrogen and oxygen atoms in total. The molecular formula is C18H17BrFN7O3. The van der Waals surface area contributed by atoms with Crippen LogP contribution >= 0.6 is 15.9 Å². The molecule has 1 aliphatic rings. The average molecular weight is 478 g/mol. The van der Waals surface area contributed by atoms with Crippen molar-refractivity contribution >= 4 is 27.8 Å². The summed E-state index contributed by atoms with van der Waals surface area (Å²) < 4.78 is 20.1. The summed E-state index contributed by atoms with van der Waals surface area (Å²) in [6.07, 6.45) is 4.64. The van der Waals surface area contributed by atoms with Gasteiger partial charge in [0.05, 0.1) is 10.0 Å². The van der Waals surface area contributed by atoms with Crippen LogP contribution in [0.2, 0.25) is 0 Å². The number of carboxylic acid groups (broad SMARTS) is 1. The van der Waals surface area contributed by atoms with Crippen LogP contribution in [0.5, 0.6) is 5.75 Å². The highest BCUT2D eigenvalue weighted by molar-refractivity contribution is 9.10.